The van der Waals surface area contributed by atoms with Gasteiger partial charge in [0.05, 0.1) is 6.54 Å². The van der Waals surface area contributed by atoms with Crippen molar-refractivity contribution >= 4 is 47.6 Å². The highest BCUT2D eigenvalue weighted by atomic mass is 127. The Morgan fingerprint density at radius 1 is 1.13 bits per heavy atom. The number of carbonyl (C=O) groups excluding carboxylic acids is 1. The Morgan fingerprint density at radius 3 is 2.58 bits per heavy atom. The van der Waals surface area contributed by atoms with Gasteiger partial charge in [-0.05, 0) is 60.6 Å². The number of halogens is 2. The first kappa shape index (κ1) is 27.2. The van der Waals surface area contributed by atoms with Crippen LogP contribution >= 0.6 is 35.7 Å². The van der Waals surface area contributed by atoms with E-state index in [-0.39, 0.29) is 35.7 Å². The SMILES string of the molecule is CCNC(=NCc1ccc(F)cc1CSC)NCCc1cccc(C(=O)N(C)C)c1.I. The van der Waals surface area contributed by atoms with E-state index in [9.17, 15) is 9.18 Å². The molecular weight excluding hydrogens is 526 g/mol. The lowest BCUT2D eigenvalue weighted by Gasteiger charge is -2.13. The van der Waals surface area contributed by atoms with Crippen molar-refractivity contribution in [2.45, 2.75) is 25.6 Å². The van der Waals surface area contributed by atoms with Gasteiger partial charge in [-0.1, -0.05) is 18.2 Å². The normalized spacial score (nSPS) is 10.9. The summed E-state index contributed by atoms with van der Waals surface area (Å²) < 4.78 is 13.5. The molecular formula is C23H32FIN4OS. The molecule has 0 saturated heterocycles. The Hall–Kier alpha value is -1.81. The van der Waals surface area contributed by atoms with Crippen LogP contribution in [0.15, 0.2) is 47.5 Å². The highest BCUT2D eigenvalue weighted by molar-refractivity contribution is 14.0. The van der Waals surface area contributed by atoms with Crippen molar-refractivity contribution in [1.82, 2.24) is 15.5 Å². The van der Waals surface area contributed by atoms with Crippen molar-refractivity contribution in [3.8, 4) is 0 Å². The summed E-state index contributed by atoms with van der Waals surface area (Å²) in [5.41, 5.74) is 3.78. The molecule has 5 nitrogen and oxygen atoms in total. The molecule has 0 radical (unpaired) electrons. The lowest BCUT2D eigenvalue weighted by molar-refractivity contribution is 0.0827. The van der Waals surface area contributed by atoms with Crippen molar-refractivity contribution in [3.05, 3.63) is 70.5 Å². The number of hydrogen-bond acceptors (Lipinski definition) is 3. The van der Waals surface area contributed by atoms with Crippen molar-refractivity contribution in [2.75, 3.05) is 33.4 Å². The van der Waals surface area contributed by atoms with Crippen LogP contribution in [0.1, 0.15) is 34.0 Å². The molecule has 0 fully saturated rings. The third-order valence-electron chi connectivity index (χ3n) is 4.51. The number of hydrogen-bond donors (Lipinski definition) is 2. The van der Waals surface area contributed by atoms with E-state index < -0.39 is 0 Å². The number of aliphatic imine (C=N–C) groups is 1. The van der Waals surface area contributed by atoms with Gasteiger partial charge >= 0.3 is 0 Å². The van der Waals surface area contributed by atoms with Gasteiger partial charge in [-0.3, -0.25) is 4.79 Å². The monoisotopic (exact) mass is 558 g/mol. The highest BCUT2D eigenvalue weighted by Crippen LogP contribution is 2.17. The number of thioether (sulfide) groups is 1. The van der Waals surface area contributed by atoms with Crippen LogP contribution in [0, 0.1) is 5.82 Å². The van der Waals surface area contributed by atoms with Gasteiger partial charge in [-0.2, -0.15) is 11.8 Å². The molecule has 2 aromatic rings. The summed E-state index contributed by atoms with van der Waals surface area (Å²) in [6.07, 6.45) is 2.78. The molecule has 2 N–H and O–H groups in total. The molecule has 0 aromatic heterocycles. The van der Waals surface area contributed by atoms with Gasteiger partial charge in [-0.25, -0.2) is 9.38 Å². The molecule has 0 heterocycles. The van der Waals surface area contributed by atoms with Crippen molar-refractivity contribution in [3.63, 3.8) is 0 Å². The number of amides is 1. The van der Waals surface area contributed by atoms with E-state index in [1.807, 2.05) is 37.4 Å². The minimum Gasteiger partial charge on any atom is -0.357 e. The summed E-state index contributed by atoms with van der Waals surface area (Å²) >= 11 is 1.67. The number of nitrogens with zero attached hydrogens (tertiary/aromatic N) is 2. The van der Waals surface area contributed by atoms with Crippen molar-refractivity contribution in [2.24, 2.45) is 4.99 Å². The van der Waals surface area contributed by atoms with Crippen LogP contribution in [0.25, 0.3) is 0 Å². The maximum Gasteiger partial charge on any atom is 0.253 e. The Balaban J connectivity index is 0.00000480. The van der Waals surface area contributed by atoms with Gasteiger partial charge in [0.2, 0.25) is 0 Å². The van der Waals surface area contributed by atoms with Crippen LogP contribution in [0.3, 0.4) is 0 Å². The van der Waals surface area contributed by atoms with Crippen LogP contribution in [0.2, 0.25) is 0 Å². The van der Waals surface area contributed by atoms with Gasteiger partial charge in [-0.15, -0.1) is 24.0 Å². The zero-order valence-electron chi connectivity index (χ0n) is 18.6. The summed E-state index contributed by atoms with van der Waals surface area (Å²) in [4.78, 5) is 18.4. The number of benzene rings is 2. The van der Waals surface area contributed by atoms with Gasteiger partial charge in [0.15, 0.2) is 5.96 Å². The maximum atomic E-state index is 13.5. The van der Waals surface area contributed by atoms with Crippen molar-refractivity contribution < 1.29 is 9.18 Å². The van der Waals surface area contributed by atoms with E-state index in [1.54, 1.807) is 42.9 Å². The van der Waals surface area contributed by atoms with Crippen molar-refractivity contribution in [1.29, 1.82) is 0 Å². The van der Waals surface area contributed by atoms with Crippen LogP contribution < -0.4 is 10.6 Å². The van der Waals surface area contributed by atoms with Crippen LogP contribution in [0.5, 0.6) is 0 Å². The van der Waals surface area contributed by atoms with Gasteiger partial charge in [0, 0.05) is 38.5 Å². The second kappa shape index (κ2) is 14.3. The summed E-state index contributed by atoms with van der Waals surface area (Å²) in [6.45, 7) is 3.94. The fraction of sp³-hybridized carbons (Fsp3) is 0.391. The molecule has 0 aliphatic carbocycles. The van der Waals surface area contributed by atoms with Crippen LogP contribution in [-0.4, -0.2) is 50.2 Å². The third kappa shape index (κ3) is 9.06. The molecule has 170 valence electrons. The number of rotatable bonds is 9. The summed E-state index contributed by atoms with van der Waals surface area (Å²) in [5.74, 6) is 1.26. The fourth-order valence-electron chi connectivity index (χ4n) is 2.99. The van der Waals surface area contributed by atoms with E-state index in [1.165, 1.54) is 6.07 Å². The number of nitrogens with one attached hydrogen (secondary N) is 2. The van der Waals surface area contributed by atoms with Gasteiger partial charge < -0.3 is 15.5 Å². The summed E-state index contributed by atoms with van der Waals surface area (Å²) in [5, 5.41) is 6.58. The lowest BCUT2D eigenvalue weighted by Crippen LogP contribution is -2.38. The summed E-state index contributed by atoms with van der Waals surface area (Å²) in [6, 6.07) is 12.6. The zero-order chi connectivity index (χ0) is 21.9. The molecule has 0 atom stereocenters. The molecule has 2 rings (SSSR count). The van der Waals surface area contributed by atoms with E-state index >= 15 is 0 Å². The largest absolute Gasteiger partial charge is 0.357 e. The summed E-state index contributed by atoms with van der Waals surface area (Å²) in [7, 11) is 3.50. The molecule has 0 aliphatic rings. The predicted molar refractivity (Wildman–Crippen MR) is 140 cm³/mol. The Bertz CT molecular complexity index is 876. The standard InChI is InChI=1S/C23H31FN4OS.HI/c1-5-25-23(27-15-19-9-10-21(24)14-20(19)16-30-4)26-12-11-17-7-6-8-18(13-17)22(29)28(2)3;/h6-10,13-14H,5,11-12,15-16H2,1-4H3,(H2,25,26,27);1H. The average molecular weight is 559 g/mol. The molecule has 0 spiro atoms. The Kier molecular flexibility index (Phi) is 12.5. The first-order chi connectivity index (χ1) is 14.4. The molecule has 31 heavy (non-hydrogen) atoms. The molecule has 0 unspecified atom stereocenters. The lowest BCUT2D eigenvalue weighted by atomic mass is 10.1. The Labute approximate surface area is 206 Å². The number of carbonyl (C=O) groups is 1. The van der Waals surface area contributed by atoms with Crippen LogP contribution in [-0.2, 0) is 18.7 Å². The smallest absolute Gasteiger partial charge is 0.253 e. The van der Waals surface area contributed by atoms with Crippen LogP contribution in [0.4, 0.5) is 4.39 Å². The molecule has 0 bridgehead atoms. The predicted octanol–water partition coefficient (Wildman–Crippen LogP) is 4.31. The quantitative estimate of drug-likeness (QED) is 0.274. The minimum absolute atomic E-state index is 0. The molecule has 1 amide bonds. The second-order valence-electron chi connectivity index (χ2n) is 7.12. The van der Waals surface area contributed by atoms with Gasteiger partial charge in [0.1, 0.15) is 5.82 Å². The Morgan fingerprint density at radius 2 is 1.90 bits per heavy atom. The topological polar surface area (TPSA) is 56.7 Å². The first-order valence-corrected chi connectivity index (χ1v) is 11.4. The van der Waals surface area contributed by atoms with E-state index in [0.29, 0.717) is 18.7 Å². The van der Waals surface area contributed by atoms with Gasteiger partial charge in [0.25, 0.3) is 5.91 Å². The zero-order valence-corrected chi connectivity index (χ0v) is 21.7. The molecule has 0 saturated carbocycles. The first-order valence-electron chi connectivity index (χ1n) is 10.0. The molecule has 0 aliphatic heterocycles. The third-order valence-corrected chi connectivity index (χ3v) is 5.11. The highest BCUT2D eigenvalue weighted by Gasteiger charge is 2.08. The van der Waals surface area contributed by atoms with E-state index in [0.717, 1.165) is 41.4 Å². The molecule has 8 heteroatoms. The minimum atomic E-state index is -0.216. The van der Waals surface area contributed by atoms with E-state index in [2.05, 4.69) is 15.6 Å². The van der Waals surface area contributed by atoms with E-state index in [4.69, 9.17) is 0 Å². The average Bonchev–Trinajstić information content (AvgIpc) is 2.73. The fourth-order valence-corrected chi connectivity index (χ4v) is 3.57. The maximum absolute atomic E-state index is 13.5. The number of guanidine groups is 1. The molecule has 2 aromatic carbocycles. The second-order valence-corrected chi connectivity index (χ2v) is 7.98.